The maximum absolute atomic E-state index is 11.6. The minimum atomic E-state index is -2.87. The van der Waals surface area contributed by atoms with E-state index in [1.54, 1.807) is 0 Å². The fourth-order valence-corrected chi connectivity index (χ4v) is 3.78. The molecule has 106 valence electrons. The third-order valence-corrected chi connectivity index (χ3v) is 5.39. The van der Waals surface area contributed by atoms with Gasteiger partial charge in [0.15, 0.2) is 9.84 Å². The van der Waals surface area contributed by atoms with Crippen molar-refractivity contribution >= 4 is 27.1 Å². The summed E-state index contributed by atoms with van der Waals surface area (Å²) < 4.78 is 23.2. The van der Waals surface area contributed by atoms with E-state index in [0.717, 1.165) is 29.4 Å². The molecule has 1 N–H and O–H groups in total. The summed E-state index contributed by atoms with van der Waals surface area (Å²) in [5.74, 6) is 0.512. The van der Waals surface area contributed by atoms with Crippen LogP contribution >= 0.6 is 11.6 Å². The second-order valence-corrected chi connectivity index (χ2v) is 7.51. The van der Waals surface area contributed by atoms with E-state index in [1.165, 1.54) is 0 Å². The van der Waals surface area contributed by atoms with E-state index in [9.17, 15) is 8.42 Å². The highest BCUT2D eigenvalue weighted by Gasteiger charge is 2.19. The van der Waals surface area contributed by atoms with Gasteiger partial charge in [-0.25, -0.2) is 8.42 Å². The minimum Gasteiger partial charge on any atom is -0.370 e. The Kier molecular flexibility index (Phi) is 4.71. The summed E-state index contributed by atoms with van der Waals surface area (Å²) in [7, 11) is -0.993. The SMILES string of the molecule is CNCc1ccc(N2CCCS(=O)(=O)CC2)cc1Cl. The van der Waals surface area contributed by atoms with Gasteiger partial charge in [0.1, 0.15) is 0 Å². The molecule has 1 aromatic carbocycles. The Morgan fingerprint density at radius 2 is 2.11 bits per heavy atom. The first-order valence-electron chi connectivity index (χ1n) is 6.40. The topological polar surface area (TPSA) is 49.4 Å². The van der Waals surface area contributed by atoms with Crippen LogP contribution in [0.5, 0.6) is 0 Å². The zero-order chi connectivity index (χ0) is 13.9. The van der Waals surface area contributed by atoms with E-state index in [0.29, 0.717) is 13.0 Å². The number of nitrogens with zero attached hydrogens (tertiary/aromatic N) is 1. The van der Waals surface area contributed by atoms with Crippen LogP contribution in [0.2, 0.25) is 5.02 Å². The first-order chi connectivity index (χ1) is 9.02. The van der Waals surface area contributed by atoms with Crippen molar-refractivity contribution in [2.75, 3.05) is 36.5 Å². The molecule has 0 aromatic heterocycles. The Labute approximate surface area is 119 Å². The molecular weight excluding hydrogens is 284 g/mol. The van der Waals surface area contributed by atoms with Crippen molar-refractivity contribution in [2.24, 2.45) is 0 Å². The molecule has 1 aromatic rings. The number of hydrogen-bond acceptors (Lipinski definition) is 4. The predicted octanol–water partition coefficient (Wildman–Crippen LogP) is 1.68. The summed E-state index contributed by atoms with van der Waals surface area (Å²) >= 11 is 6.24. The lowest BCUT2D eigenvalue weighted by Crippen LogP contribution is -2.26. The van der Waals surface area contributed by atoms with E-state index >= 15 is 0 Å². The molecule has 2 rings (SSSR count). The van der Waals surface area contributed by atoms with Crippen LogP contribution in [0, 0.1) is 0 Å². The third-order valence-electron chi connectivity index (χ3n) is 3.32. The minimum absolute atomic E-state index is 0.225. The Hall–Kier alpha value is -0.780. The smallest absolute Gasteiger partial charge is 0.152 e. The molecule has 0 aliphatic carbocycles. The third kappa shape index (κ3) is 3.84. The Balaban J connectivity index is 2.16. The van der Waals surface area contributed by atoms with Gasteiger partial charge in [-0.2, -0.15) is 0 Å². The number of hydrogen-bond donors (Lipinski definition) is 1. The summed E-state index contributed by atoms with van der Waals surface area (Å²) in [5.41, 5.74) is 2.05. The monoisotopic (exact) mass is 302 g/mol. The number of anilines is 1. The largest absolute Gasteiger partial charge is 0.370 e. The highest BCUT2D eigenvalue weighted by molar-refractivity contribution is 7.91. The molecule has 1 saturated heterocycles. The second kappa shape index (κ2) is 6.11. The molecule has 0 spiro atoms. The van der Waals surface area contributed by atoms with Gasteiger partial charge < -0.3 is 10.2 Å². The lowest BCUT2D eigenvalue weighted by Gasteiger charge is -2.22. The average Bonchev–Trinajstić information content (AvgIpc) is 2.53. The molecule has 0 amide bonds. The summed E-state index contributed by atoms with van der Waals surface area (Å²) in [4.78, 5) is 2.10. The van der Waals surface area contributed by atoms with Crippen molar-refractivity contribution in [1.29, 1.82) is 0 Å². The standard InChI is InChI=1S/C13H19ClN2O2S/c1-15-10-11-3-4-12(9-13(11)14)16-5-2-7-19(17,18)8-6-16/h3-4,9,15H,2,5-8,10H2,1H3. The summed E-state index contributed by atoms with van der Waals surface area (Å²) in [6.45, 7) is 2.04. The summed E-state index contributed by atoms with van der Waals surface area (Å²) in [6.07, 6.45) is 0.679. The zero-order valence-corrected chi connectivity index (χ0v) is 12.6. The molecule has 4 nitrogen and oxygen atoms in total. The van der Waals surface area contributed by atoms with Crippen molar-refractivity contribution < 1.29 is 8.42 Å². The zero-order valence-electron chi connectivity index (χ0n) is 11.0. The lowest BCUT2D eigenvalue weighted by molar-refractivity contribution is 0.597. The molecule has 1 heterocycles. The fourth-order valence-electron chi connectivity index (χ4n) is 2.26. The second-order valence-electron chi connectivity index (χ2n) is 4.80. The van der Waals surface area contributed by atoms with Crippen molar-refractivity contribution in [3.8, 4) is 0 Å². The average molecular weight is 303 g/mol. The van der Waals surface area contributed by atoms with Gasteiger partial charge >= 0.3 is 0 Å². The van der Waals surface area contributed by atoms with Crippen LogP contribution in [0.25, 0.3) is 0 Å². The van der Waals surface area contributed by atoms with E-state index in [1.807, 2.05) is 25.2 Å². The highest BCUT2D eigenvalue weighted by Crippen LogP contribution is 2.24. The molecule has 1 aliphatic heterocycles. The maximum Gasteiger partial charge on any atom is 0.152 e. The molecule has 0 radical (unpaired) electrons. The number of benzene rings is 1. The van der Waals surface area contributed by atoms with Crippen LogP contribution in [0.3, 0.4) is 0 Å². The first kappa shape index (κ1) is 14.6. The van der Waals surface area contributed by atoms with Gasteiger partial charge in [-0.1, -0.05) is 17.7 Å². The molecule has 1 aliphatic rings. The Bertz CT molecular complexity index is 546. The lowest BCUT2D eigenvalue weighted by atomic mass is 10.2. The van der Waals surface area contributed by atoms with Gasteiger partial charge in [0, 0.05) is 30.3 Å². The van der Waals surface area contributed by atoms with Crippen molar-refractivity contribution in [3.63, 3.8) is 0 Å². The summed E-state index contributed by atoms with van der Waals surface area (Å²) in [5, 5.41) is 3.79. The van der Waals surface area contributed by atoms with E-state index in [-0.39, 0.29) is 11.5 Å². The van der Waals surface area contributed by atoms with Crippen molar-refractivity contribution in [1.82, 2.24) is 5.32 Å². The van der Waals surface area contributed by atoms with Gasteiger partial charge in [0.2, 0.25) is 0 Å². The van der Waals surface area contributed by atoms with E-state index in [4.69, 9.17) is 11.6 Å². The van der Waals surface area contributed by atoms with Crippen LogP contribution in [0.15, 0.2) is 18.2 Å². The molecule has 0 unspecified atom stereocenters. The Morgan fingerprint density at radius 3 is 2.79 bits per heavy atom. The molecule has 0 bridgehead atoms. The van der Waals surface area contributed by atoms with Crippen molar-refractivity contribution in [3.05, 3.63) is 28.8 Å². The highest BCUT2D eigenvalue weighted by atomic mass is 35.5. The van der Waals surface area contributed by atoms with Crippen LogP contribution in [0.1, 0.15) is 12.0 Å². The number of rotatable bonds is 3. The van der Waals surface area contributed by atoms with E-state index < -0.39 is 9.84 Å². The maximum atomic E-state index is 11.6. The number of halogens is 1. The quantitative estimate of drug-likeness (QED) is 0.923. The molecule has 6 heteroatoms. The van der Waals surface area contributed by atoms with Crippen LogP contribution in [-0.4, -0.2) is 40.1 Å². The van der Waals surface area contributed by atoms with Gasteiger partial charge in [-0.05, 0) is 31.2 Å². The van der Waals surface area contributed by atoms with Gasteiger partial charge in [0.05, 0.1) is 11.5 Å². The number of sulfone groups is 1. The fraction of sp³-hybridized carbons (Fsp3) is 0.538. The molecule has 19 heavy (non-hydrogen) atoms. The number of nitrogens with one attached hydrogen (secondary N) is 1. The molecule has 1 fully saturated rings. The predicted molar refractivity (Wildman–Crippen MR) is 79.7 cm³/mol. The van der Waals surface area contributed by atoms with Gasteiger partial charge in [-0.15, -0.1) is 0 Å². The van der Waals surface area contributed by atoms with Crippen LogP contribution in [-0.2, 0) is 16.4 Å². The Morgan fingerprint density at radius 1 is 1.32 bits per heavy atom. The molecule has 0 atom stereocenters. The van der Waals surface area contributed by atoms with Crippen LogP contribution < -0.4 is 10.2 Å². The normalized spacial score (nSPS) is 19.2. The first-order valence-corrected chi connectivity index (χ1v) is 8.60. The van der Waals surface area contributed by atoms with Gasteiger partial charge in [-0.3, -0.25) is 0 Å². The van der Waals surface area contributed by atoms with Crippen LogP contribution in [0.4, 0.5) is 5.69 Å². The van der Waals surface area contributed by atoms with E-state index in [2.05, 4.69) is 10.2 Å². The molecular formula is C13H19ClN2O2S. The summed E-state index contributed by atoms with van der Waals surface area (Å²) in [6, 6.07) is 5.93. The van der Waals surface area contributed by atoms with Crippen molar-refractivity contribution in [2.45, 2.75) is 13.0 Å². The van der Waals surface area contributed by atoms with Gasteiger partial charge in [0.25, 0.3) is 0 Å². The molecule has 0 saturated carbocycles.